The summed E-state index contributed by atoms with van der Waals surface area (Å²) in [4.78, 5) is 18.4. The minimum atomic E-state index is 0.00676. The largest absolute Gasteiger partial charge is 0.388 e. The number of amides is 1. The standard InChI is InChI=1S/C13H17N3O2/c1-14-9-4-5-15-12(6-9)13(17)16-7-10-2-3-11(8-16)18-10/h4-6,10-11H,2-3,7-8H2,1H3,(H,14,15). The van der Waals surface area contributed by atoms with E-state index >= 15 is 0 Å². The molecule has 3 rings (SSSR count). The molecule has 5 nitrogen and oxygen atoms in total. The molecule has 0 aromatic carbocycles. The normalized spacial score (nSPS) is 26.2. The SMILES string of the molecule is CNc1ccnc(C(=O)N2CC3CCC(C2)O3)c1. The third-order valence-electron chi connectivity index (χ3n) is 3.60. The van der Waals surface area contributed by atoms with Gasteiger partial charge >= 0.3 is 0 Å². The van der Waals surface area contributed by atoms with Crippen LogP contribution in [-0.4, -0.2) is 48.1 Å². The Morgan fingerprint density at radius 3 is 2.83 bits per heavy atom. The highest BCUT2D eigenvalue weighted by Gasteiger charge is 2.36. The molecule has 2 fully saturated rings. The number of ether oxygens (including phenoxy) is 1. The molecule has 2 aliphatic rings. The molecule has 1 N–H and O–H groups in total. The predicted molar refractivity (Wildman–Crippen MR) is 67.6 cm³/mol. The molecule has 0 spiro atoms. The maximum absolute atomic E-state index is 12.4. The second-order valence-corrected chi connectivity index (χ2v) is 4.85. The maximum Gasteiger partial charge on any atom is 0.272 e. The molecular weight excluding hydrogens is 230 g/mol. The van der Waals surface area contributed by atoms with Crippen molar-refractivity contribution in [2.75, 3.05) is 25.5 Å². The summed E-state index contributed by atoms with van der Waals surface area (Å²) in [5.74, 6) is 0.00676. The molecule has 3 heterocycles. The molecule has 0 saturated carbocycles. The third kappa shape index (κ3) is 2.06. The second kappa shape index (κ2) is 4.57. The number of nitrogens with zero attached hydrogens (tertiary/aromatic N) is 2. The van der Waals surface area contributed by atoms with E-state index in [2.05, 4.69) is 10.3 Å². The van der Waals surface area contributed by atoms with Crippen molar-refractivity contribution in [2.45, 2.75) is 25.0 Å². The average Bonchev–Trinajstić information content (AvgIpc) is 2.76. The van der Waals surface area contributed by atoms with Crippen molar-refractivity contribution in [1.82, 2.24) is 9.88 Å². The van der Waals surface area contributed by atoms with Gasteiger partial charge in [0.1, 0.15) is 5.69 Å². The number of rotatable bonds is 2. The van der Waals surface area contributed by atoms with E-state index in [4.69, 9.17) is 4.74 Å². The van der Waals surface area contributed by atoms with Gasteiger partial charge in [-0.1, -0.05) is 0 Å². The molecule has 0 aliphatic carbocycles. The Hall–Kier alpha value is -1.62. The van der Waals surface area contributed by atoms with Crippen molar-refractivity contribution in [1.29, 1.82) is 0 Å². The fourth-order valence-electron chi connectivity index (χ4n) is 2.65. The van der Waals surface area contributed by atoms with E-state index in [0.717, 1.165) is 18.5 Å². The van der Waals surface area contributed by atoms with Crippen molar-refractivity contribution >= 4 is 11.6 Å². The molecule has 2 aliphatic heterocycles. The molecule has 96 valence electrons. The minimum Gasteiger partial charge on any atom is -0.388 e. The molecule has 2 atom stereocenters. The van der Waals surface area contributed by atoms with Crippen molar-refractivity contribution in [3.8, 4) is 0 Å². The Morgan fingerprint density at radius 2 is 2.17 bits per heavy atom. The second-order valence-electron chi connectivity index (χ2n) is 4.85. The first kappa shape index (κ1) is 11.5. The molecule has 1 amide bonds. The van der Waals surface area contributed by atoms with E-state index < -0.39 is 0 Å². The maximum atomic E-state index is 12.4. The zero-order valence-corrected chi connectivity index (χ0v) is 10.4. The molecule has 2 bridgehead atoms. The van der Waals surface area contributed by atoms with E-state index in [0.29, 0.717) is 18.8 Å². The van der Waals surface area contributed by atoms with Crippen molar-refractivity contribution in [3.05, 3.63) is 24.0 Å². The zero-order chi connectivity index (χ0) is 12.5. The lowest BCUT2D eigenvalue weighted by molar-refractivity contribution is -0.0305. The van der Waals surface area contributed by atoms with Crippen LogP contribution < -0.4 is 5.32 Å². The van der Waals surface area contributed by atoms with Crippen LogP contribution in [0.25, 0.3) is 0 Å². The van der Waals surface area contributed by atoms with E-state index in [-0.39, 0.29) is 18.1 Å². The Kier molecular flexibility index (Phi) is 2.91. The van der Waals surface area contributed by atoms with Crippen LogP contribution in [0.4, 0.5) is 5.69 Å². The summed E-state index contributed by atoms with van der Waals surface area (Å²) in [7, 11) is 1.83. The summed E-state index contributed by atoms with van der Waals surface area (Å²) in [6.07, 6.45) is 4.24. The summed E-state index contributed by atoms with van der Waals surface area (Å²) in [6.45, 7) is 1.39. The lowest BCUT2D eigenvalue weighted by atomic mass is 10.2. The van der Waals surface area contributed by atoms with Gasteiger partial charge in [0.05, 0.1) is 12.2 Å². The summed E-state index contributed by atoms with van der Waals surface area (Å²) >= 11 is 0. The fraction of sp³-hybridized carbons (Fsp3) is 0.538. The molecule has 2 saturated heterocycles. The van der Waals surface area contributed by atoms with Crippen LogP contribution in [0.5, 0.6) is 0 Å². The van der Waals surface area contributed by atoms with Crippen molar-refractivity contribution in [3.63, 3.8) is 0 Å². The topological polar surface area (TPSA) is 54.5 Å². The van der Waals surface area contributed by atoms with Gasteiger partial charge in [-0.15, -0.1) is 0 Å². The molecule has 18 heavy (non-hydrogen) atoms. The predicted octanol–water partition coefficient (Wildman–Crippen LogP) is 1.13. The molecule has 1 aromatic rings. The number of hydrogen-bond donors (Lipinski definition) is 1. The van der Waals surface area contributed by atoms with Gasteiger partial charge in [0.15, 0.2) is 0 Å². The Morgan fingerprint density at radius 1 is 1.44 bits per heavy atom. The molecule has 5 heteroatoms. The quantitative estimate of drug-likeness (QED) is 0.851. The zero-order valence-electron chi connectivity index (χ0n) is 10.4. The fourth-order valence-corrected chi connectivity index (χ4v) is 2.65. The summed E-state index contributed by atoms with van der Waals surface area (Å²) in [5, 5.41) is 3.02. The van der Waals surface area contributed by atoms with E-state index in [1.54, 1.807) is 12.3 Å². The molecular formula is C13H17N3O2. The highest BCUT2D eigenvalue weighted by atomic mass is 16.5. The number of morpholine rings is 1. The van der Waals surface area contributed by atoms with Gasteiger partial charge in [-0.2, -0.15) is 0 Å². The molecule has 2 unspecified atom stereocenters. The Bertz CT molecular complexity index is 451. The van der Waals surface area contributed by atoms with Gasteiger partial charge < -0.3 is 15.0 Å². The lowest BCUT2D eigenvalue weighted by Crippen LogP contribution is -2.46. The number of pyridine rings is 1. The van der Waals surface area contributed by atoms with Gasteiger partial charge in [-0.05, 0) is 25.0 Å². The van der Waals surface area contributed by atoms with Crippen LogP contribution >= 0.6 is 0 Å². The number of carbonyl (C=O) groups excluding carboxylic acids is 1. The van der Waals surface area contributed by atoms with Crippen LogP contribution in [0, 0.1) is 0 Å². The number of anilines is 1. The first-order chi connectivity index (χ1) is 8.76. The van der Waals surface area contributed by atoms with Crippen LogP contribution in [0.3, 0.4) is 0 Å². The first-order valence-electron chi connectivity index (χ1n) is 6.35. The Balaban J connectivity index is 1.77. The number of nitrogens with one attached hydrogen (secondary N) is 1. The highest BCUT2D eigenvalue weighted by Crippen LogP contribution is 2.27. The first-order valence-corrected chi connectivity index (χ1v) is 6.35. The van der Waals surface area contributed by atoms with Gasteiger partial charge in [-0.3, -0.25) is 9.78 Å². The van der Waals surface area contributed by atoms with Crippen molar-refractivity contribution in [2.24, 2.45) is 0 Å². The molecule has 1 aromatic heterocycles. The van der Waals surface area contributed by atoms with E-state index in [1.807, 2.05) is 18.0 Å². The van der Waals surface area contributed by atoms with Crippen LogP contribution in [0.1, 0.15) is 23.3 Å². The van der Waals surface area contributed by atoms with Crippen molar-refractivity contribution < 1.29 is 9.53 Å². The van der Waals surface area contributed by atoms with Gasteiger partial charge in [0, 0.05) is 32.0 Å². The van der Waals surface area contributed by atoms with Gasteiger partial charge in [0.25, 0.3) is 5.91 Å². The number of fused-ring (bicyclic) bond motifs is 2. The average molecular weight is 247 g/mol. The number of aromatic nitrogens is 1. The third-order valence-corrected chi connectivity index (χ3v) is 3.60. The minimum absolute atomic E-state index is 0.00676. The Labute approximate surface area is 106 Å². The summed E-state index contributed by atoms with van der Waals surface area (Å²) in [5.41, 5.74) is 1.41. The van der Waals surface area contributed by atoms with Crippen LogP contribution in [0.15, 0.2) is 18.3 Å². The van der Waals surface area contributed by atoms with Gasteiger partial charge in [0.2, 0.25) is 0 Å². The number of carbonyl (C=O) groups is 1. The van der Waals surface area contributed by atoms with E-state index in [9.17, 15) is 4.79 Å². The lowest BCUT2D eigenvalue weighted by Gasteiger charge is -2.31. The monoisotopic (exact) mass is 247 g/mol. The smallest absolute Gasteiger partial charge is 0.272 e. The van der Waals surface area contributed by atoms with E-state index in [1.165, 1.54) is 0 Å². The van der Waals surface area contributed by atoms with Crippen LogP contribution in [-0.2, 0) is 4.74 Å². The van der Waals surface area contributed by atoms with Crippen LogP contribution in [0.2, 0.25) is 0 Å². The summed E-state index contributed by atoms with van der Waals surface area (Å²) in [6, 6.07) is 3.64. The number of likely N-dealkylation sites (tertiary alicyclic amines) is 1. The summed E-state index contributed by atoms with van der Waals surface area (Å²) < 4.78 is 5.73. The number of hydrogen-bond acceptors (Lipinski definition) is 4. The molecule has 0 radical (unpaired) electrons. The highest BCUT2D eigenvalue weighted by molar-refractivity contribution is 5.93. The van der Waals surface area contributed by atoms with Gasteiger partial charge in [-0.25, -0.2) is 0 Å².